The molecule has 1 aromatic heterocycles. The standard InChI is InChI=1S/C14H12FNO2/c1-10-2-7-13(18-10)8-9-14(17)16-12-5-3-11(15)4-6-12/h2-9H,1H3,(H,16,17)/b9-8+. The van der Waals surface area contributed by atoms with Crippen molar-refractivity contribution in [2.75, 3.05) is 5.32 Å². The number of carbonyl (C=O) groups is 1. The number of amides is 1. The fourth-order valence-corrected chi connectivity index (χ4v) is 1.42. The molecule has 0 spiro atoms. The lowest BCUT2D eigenvalue weighted by Gasteiger charge is -2.00. The van der Waals surface area contributed by atoms with Gasteiger partial charge < -0.3 is 9.73 Å². The molecule has 0 aliphatic heterocycles. The monoisotopic (exact) mass is 245 g/mol. The topological polar surface area (TPSA) is 42.2 Å². The van der Waals surface area contributed by atoms with Gasteiger partial charge in [-0.2, -0.15) is 0 Å². The number of aryl methyl sites for hydroxylation is 1. The van der Waals surface area contributed by atoms with Gasteiger partial charge in [-0.05, 0) is 49.4 Å². The summed E-state index contributed by atoms with van der Waals surface area (Å²) in [5.41, 5.74) is 0.543. The number of furan rings is 1. The highest BCUT2D eigenvalue weighted by Crippen LogP contribution is 2.10. The third-order valence-electron chi connectivity index (χ3n) is 2.27. The molecule has 4 heteroatoms. The largest absolute Gasteiger partial charge is 0.462 e. The number of rotatable bonds is 3. The van der Waals surface area contributed by atoms with Crippen LogP contribution in [0.25, 0.3) is 6.08 Å². The Morgan fingerprint density at radius 1 is 1.22 bits per heavy atom. The van der Waals surface area contributed by atoms with Gasteiger partial charge >= 0.3 is 0 Å². The van der Waals surface area contributed by atoms with Gasteiger partial charge in [0, 0.05) is 11.8 Å². The molecule has 0 saturated heterocycles. The second kappa shape index (κ2) is 5.31. The smallest absolute Gasteiger partial charge is 0.248 e. The molecule has 0 radical (unpaired) electrons. The molecule has 1 heterocycles. The van der Waals surface area contributed by atoms with Crippen LogP contribution < -0.4 is 5.32 Å². The van der Waals surface area contributed by atoms with Crippen LogP contribution >= 0.6 is 0 Å². The van der Waals surface area contributed by atoms with E-state index in [-0.39, 0.29) is 11.7 Å². The SMILES string of the molecule is Cc1ccc(/C=C/C(=O)Nc2ccc(F)cc2)o1. The second-order valence-electron chi connectivity index (χ2n) is 3.78. The predicted molar refractivity (Wildman–Crippen MR) is 67.5 cm³/mol. The number of halogens is 1. The van der Waals surface area contributed by atoms with Crippen LogP contribution in [0.3, 0.4) is 0 Å². The van der Waals surface area contributed by atoms with E-state index in [4.69, 9.17) is 4.42 Å². The maximum absolute atomic E-state index is 12.7. The molecule has 0 bridgehead atoms. The molecule has 2 aromatic rings. The van der Waals surface area contributed by atoms with Gasteiger partial charge in [0.1, 0.15) is 17.3 Å². The Kier molecular flexibility index (Phi) is 3.57. The summed E-state index contributed by atoms with van der Waals surface area (Å²) in [6.45, 7) is 1.83. The lowest BCUT2D eigenvalue weighted by atomic mass is 10.3. The quantitative estimate of drug-likeness (QED) is 0.842. The van der Waals surface area contributed by atoms with E-state index in [0.717, 1.165) is 5.76 Å². The number of hydrogen-bond acceptors (Lipinski definition) is 2. The summed E-state index contributed by atoms with van der Waals surface area (Å²) in [5.74, 6) is 0.764. The molecular weight excluding hydrogens is 233 g/mol. The van der Waals surface area contributed by atoms with Crippen molar-refractivity contribution >= 4 is 17.7 Å². The first-order valence-corrected chi connectivity index (χ1v) is 5.44. The highest BCUT2D eigenvalue weighted by atomic mass is 19.1. The fourth-order valence-electron chi connectivity index (χ4n) is 1.42. The van der Waals surface area contributed by atoms with E-state index in [1.165, 1.54) is 30.3 Å². The molecule has 0 fully saturated rings. The Labute approximate surface area is 104 Å². The fraction of sp³-hybridized carbons (Fsp3) is 0.0714. The molecule has 0 saturated carbocycles. The van der Waals surface area contributed by atoms with E-state index in [1.807, 2.05) is 13.0 Å². The van der Waals surface area contributed by atoms with Crippen molar-refractivity contribution in [3.63, 3.8) is 0 Å². The van der Waals surface area contributed by atoms with Crippen molar-refractivity contribution in [3.8, 4) is 0 Å². The Morgan fingerprint density at radius 2 is 1.94 bits per heavy atom. The maximum atomic E-state index is 12.7. The summed E-state index contributed by atoms with van der Waals surface area (Å²) in [5, 5.41) is 2.61. The zero-order valence-electron chi connectivity index (χ0n) is 9.81. The van der Waals surface area contributed by atoms with E-state index >= 15 is 0 Å². The van der Waals surface area contributed by atoms with Crippen molar-refractivity contribution in [3.05, 3.63) is 59.8 Å². The third kappa shape index (κ3) is 3.31. The minimum atomic E-state index is -0.338. The minimum Gasteiger partial charge on any atom is -0.462 e. The molecule has 0 aliphatic carbocycles. The van der Waals surface area contributed by atoms with Crippen LogP contribution in [0.1, 0.15) is 11.5 Å². The van der Waals surface area contributed by atoms with Crippen LogP contribution in [0.5, 0.6) is 0 Å². The normalized spacial score (nSPS) is 10.8. The van der Waals surface area contributed by atoms with Crippen LogP contribution in [0.2, 0.25) is 0 Å². The summed E-state index contributed by atoms with van der Waals surface area (Å²) < 4.78 is 17.9. The molecule has 0 unspecified atom stereocenters. The molecule has 18 heavy (non-hydrogen) atoms. The molecule has 1 amide bonds. The van der Waals surface area contributed by atoms with Gasteiger partial charge in [0.2, 0.25) is 5.91 Å². The molecular formula is C14H12FNO2. The Morgan fingerprint density at radius 3 is 2.56 bits per heavy atom. The van der Waals surface area contributed by atoms with Crippen LogP contribution in [0.4, 0.5) is 10.1 Å². The zero-order chi connectivity index (χ0) is 13.0. The van der Waals surface area contributed by atoms with Gasteiger partial charge in [0.25, 0.3) is 0 Å². The Balaban J connectivity index is 1.96. The Bertz CT molecular complexity index is 570. The molecule has 1 aromatic carbocycles. The third-order valence-corrected chi connectivity index (χ3v) is 2.27. The number of benzene rings is 1. The van der Waals surface area contributed by atoms with Gasteiger partial charge in [0.05, 0.1) is 0 Å². The number of anilines is 1. The molecule has 1 N–H and O–H groups in total. The lowest BCUT2D eigenvalue weighted by Crippen LogP contribution is -2.07. The summed E-state index contributed by atoms with van der Waals surface area (Å²) in [6, 6.07) is 9.16. The first kappa shape index (κ1) is 12.1. The average Bonchev–Trinajstić information content (AvgIpc) is 2.76. The van der Waals surface area contributed by atoms with E-state index in [0.29, 0.717) is 11.4 Å². The number of hydrogen-bond donors (Lipinski definition) is 1. The first-order chi connectivity index (χ1) is 8.63. The van der Waals surface area contributed by atoms with Crippen molar-refractivity contribution in [2.45, 2.75) is 6.92 Å². The predicted octanol–water partition coefficient (Wildman–Crippen LogP) is 3.38. The van der Waals surface area contributed by atoms with Crippen LogP contribution in [0, 0.1) is 12.7 Å². The minimum absolute atomic E-state index is 0.296. The summed E-state index contributed by atoms with van der Waals surface area (Å²) in [4.78, 5) is 11.5. The van der Waals surface area contributed by atoms with Crippen molar-refractivity contribution in [1.82, 2.24) is 0 Å². The van der Waals surface area contributed by atoms with Crippen molar-refractivity contribution in [2.24, 2.45) is 0 Å². The maximum Gasteiger partial charge on any atom is 0.248 e. The first-order valence-electron chi connectivity index (χ1n) is 5.44. The van der Waals surface area contributed by atoms with Gasteiger partial charge in [-0.15, -0.1) is 0 Å². The molecule has 92 valence electrons. The van der Waals surface area contributed by atoms with E-state index < -0.39 is 0 Å². The zero-order valence-corrected chi connectivity index (χ0v) is 9.81. The summed E-state index contributed by atoms with van der Waals surface area (Å²) in [7, 11) is 0. The van der Waals surface area contributed by atoms with Crippen molar-refractivity contribution in [1.29, 1.82) is 0 Å². The average molecular weight is 245 g/mol. The highest BCUT2D eigenvalue weighted by Gasteiger charge is 1.99. The molecule has 3 nitrogen and oxygen atoms in total. The van der Waals surface area contributed by atoms with E-state index in [1.54, 1.807) is 12.1 Å². The molecule has 2 rings (SSSR count). The number of nitrogens with one attached hydrogen (secondary N) is 1. The van der Waals surface area contributed by atoms with Crippen molar-refractivity contribution < 1.29 is 13.6 Å². The van der Waals surface area contributed by atoms with E-state index in [2.05, 4.69) is 5.32 Å². The van der Waals surface area contributed by atoms with Gasteiger partial charge in [0.15, 0.2) is 0 Å². The molecule has 0 atom stereocenters. The summed E-state index contributed by atoms with van der Waals surface area (Å²) in [6.07, 6.45) is 2.94. The second-order valence-corrected chi connectivity index (χ2v) is 3.78. The van der Waals surface area contributed by atoms with Gasteiger partial charge in [-0.25, -0.2) is 4.39 Å². The lowest BCUT2D eigenvalue weighted by molar-refractivity contribution is -0.111. The molecule has 0 aliphatic rings. The van der Waals surface area contributed by atoms with E-state index in [9.17, 15) is 9.18 Å². The van der Waals surface area contributed by atoms with Crippen LogP contribution in [0.15, 0.2) is 46.9 Å². The summed E-state index contributed by atoms with van der Waals surface area (Å²) >= 11 is 0. The van der Waals surface area contributed by atoms with Crippen LogP contribution in [-0.2, 0) is 4.79 Å². The highest BCUT2D eigenvalue weighted by molar-refractivity contribution is 6.01. The van der Waals surface area contributed by atoms with Crippen LogP contribution in [-0.4, -0.2) is 5.91 Å². The number of carbonyl (C=O) groups excluding carboxylic acids is 1. The van der Waals surface area contributed by atoms with Gasteiger partial charge in [-0.3, -0.25) is 4.79 Å². The van der Waals surface area contributed by atoms with Gasteiger partial charge in [-0.1, -0.05) is 0 Å². The Hall–Kier alpha value is -2.36.